The summed E-state index contributed by atoms with van der Waals surface area (Å²) in [5.74, 6) is -0.0872. The Morgan fingerprint density at radius 2 is 1.78 bits per heavy atom. The third-order valence-corrected chi connectivity index (χ3v) is 6.25. The molecule has 0 spiro atoms. The number of hydrogen-bond acceptors (Lipinski definition) is 4. The van der Waals surface area contributed by atoms with Crippen molar-refractivity contribution in [2.75, 3.05) is 12.4 Å². The van der Waals surface area contributed by atoms with Gasteiger partial charge in [0.25, 0.3) is 0 Å². The minimum Gasteiger partial charge on any atom is -0.495 e. The Morgan fingerprint density at radius 3 is 2.37 bits per heavy atom. The van der Waals surface area contributed by atoms with Crippen molar-refractivity contribution in [2.24, 2.45) is 0 Å². The molecule has 0 saturated carbocycles. The smallest absolute Gasteiger partial charge is 0.244 e. The first-order valence-electron chi connectivity index (χ1n) is 8.41. The lowest BCUT2D eigenvalue weighted by molar-refractivity contribution is -0.117. The van der Waals surface area contributed by atoms with Gasteiger partial charge in [-0.25, -0.2) is 8.42 Å². The maximum absolute atomic E-state index is 12.8. The molecule has 2 rings (SSSR count). The van der Waals surface area contributed by atoms with Gasteiger partial charge in [0.15, 0.2) is 0 Å². The number of anilines is 1. The zero-order valence-corrected chi connectivity index (χ0v) is 18.0. The molecule has 2 N–H and O–H groups in total. The van der Waals surface area contributed by atoms with Crippen LogP contribution < -0.4 is 14.8 Å². The van der Waals surface area contributed by atoms with E-state index in [1.54, 1.807) is 30.3 Å². The summed E-state index contributed by atoms with van der Waals surface area (Å²) in [5.41, 5.74) is 1.43. The number of carbonyl (C=O) groups is 1. The molecule has 0 heterocycles. The topological polar surface area (TPSA) is 84.5 Å². The summed E-state index contributed by atoms with van der Waals surface area (Å²) in [7, 11) is -2.54. The number of carbonyl (C=O) groups excluding carboxylic acids is 1. The maximum Gasteiger partial charge on any atom is 0.244 e. The van der Waals surface area contributed by atoms with Crippen LogP contribution in [0.4, 0.5) is 5.69 Å². The van der Waals surface area contributed by atoms with Crippen LogP contribution in [0.15, 0.2) is 51.8 Å². The molecule has 6 nitrogen and oxygen atoms in total. The molecule has 146 valence electrons. The zero-order chi connectivity index (χ0) is 20.2. The van der Waals surface area contributed by atoms with E-state index < -0.39 is 22.0 Å². The van der Waals surface area contributed by atoms with Gasteiger partial charge in [0.2, 0.25) is 15.9 Å². The molecule has 0 aliphatic heterocycles. The first-order valence-corrected chi connectivity index (χ1v) is 10.7. The molecular formula is C19H23BrN2O4S. The zero-order valence-electron chi connectivity index (χ0n) is 15.6. The predicted octanol–water partition coefficient (Wildman–Crippen LogP) is 3.89. The van der Waals surface area contributed by atoms with Crippen LogP contribution in [-0.2, 0) is 14.8 Å². The molecule has 0 bridgehead atoms. The number of hydrogen-bond donors (Lipinski definition) is 2. The molecule has 8 heteroatoms. The van der Waals surface area contributed by atoms with Crippen molar-refractivity contribution in [1.82, 2.24) is 4.72 Å². The van der Waals surface area contributed by atoms with Crippen LogP contribution in [0, 0.1) is 0 Å². The van der Waals surface area contributed by atoms with E-state index in [9.17, 15) is 13.2 Å². The second kappa shape index (κ2) is 8.86. The molecule has 2 aromatic rings. The predicted molar refractivity (Wildman–Crippen MR) is 110 cm³/mol. The van der Waals surface area contributed by atoms with Crippen molar-refractivity contribution >= 4 is 37.5 Å². The fraction of sp³-hybridized carbons (Fsp3) is 0.316. The number of para-hydroxylation sites is 1. The number of sulfonamides is 1. The van der Waals surface area contributed by atoms with Crippen molar-refractivity contribution in [3.05, 3.63) is 52.5 Å². The molecule has 1 unspecified atom stereocenters. The molecule has 0 radical (unpaired) electrons. The Bertz CT molecular complexity index is 929. The maximum atomic E-state index is 12.8. The Morgan fingerprint density at radius 1 is 1.11 bits per heavy atom. The van der Waals surface area contributed by atoms with Crippen LogP contribution in [0.1, 0.15) is 32.3 Å². The van der Waals surface area contributed by atoms with Gasteiger partial charge in [-0.3, -0.25) is 4.79 Å². The van der Waals surface area contributed by atoms with Crippen molar-refractivity contribution in [3.63, 3.8) is 0 Å². The molecule has 0 aromatic heterocycles. The standard InChI is InChI=1S/C19H23BrN2O4S/c1-12(2)14-9-10-17(26-4)18(11-14)27(24,25)22-13(3)19(23)21-16-8-6-5-7-15(16)20/h5-13,22H,1-4H3,(H,21,23). The van der Waals surface area contributed by atoms with E-state index in [0.29, 0.717) is 10.2 Å². The van der Waals surface area contributed by atoms with Crippen molar-refractivity contribution in [2.45, 2.75) is 37.6 Å². The Balaban J connectivity index is 2.23. The Kier molecular flexibility index (Phi) is 7.02. The van der Waals surface area contributed by atoms with Crippen molar-refractivity contribution in [1.29, 1.82) is 0 Å². The number of halogens is 1. The van der Waals surface area contributed by atoms with E-state index in [2.05, 4.69) is 26.0 Å². The summed E-state index contributed by atoms with van der Waals surface area (Å²) in [6, 6.07) is 11.1. The molecule has 1 atom stereocenters. The molecule has 0 aliphatic rings. The number of methoxy groups -OCH3 is 1. The highest BCUT2D eigenvalue weighted by Gasteiger charge is 2.26. The monoisotopic (exact) mass is 454 g/mol. The minimum atomic E-state index is -3.95. The lowest BCUT2D eigenvalue weighted by Gasteiger charge is -2.17. The van der Waals surface area contributed by atoms with Gasteiger partial charge < -0.3 is 10.1 Å². The van der Waals surface area contributed by atoms with Gasteiger partial charge >= 0.3 is 0 Å². The lowest BCUT2D eigenvalue weighted by Crippen LogP contribution is -2.41. The number of ether oxygens (including phenoxy) is 1. The van der Waals surface area contributed by atoms with Gasteiger partial charge in [-0.1, -0.05) is 32.0 Å². The van der Waals surface area contributed by atoms with Crippen LogP contribution in [-0.4, -0.2) is 27.5 Å². The number of nitrogens with one attached hydrogen (secondary N) is 2. The summed E-state index contributed by atoms with van der Waals surface area (Å²) in [5, 5.41) is 2.70. The van der Waals surface area contributed by atoms with Crippen LogP contribution in [0.3, 0.4) is 0 Å². The van der Waals surface area contributed by atoms with Crippen molar-refractivity contribution in [3.8, 4) is 5.75 Å². The summed E-state index contributed by atoms with van der Waals surface area (Å²) in [4.78, 5) is 12.4. The van der Waals surface area contributed by atoms with Gasteiger partial charge in [0.1, 0.15) is 10.6 Å². The molecule has 0 aliphatic carbocycles. The van der Waals surface area contributed by atoms with E-state index in [1.165, 1.54) is 14.0 Å². The fourth-order valence-electron chi connectivity index (χ4n) is 2.42. The van der Waals surface area contributed by atoms with E-state index in [4.69, 9.17) is 4.74 Å². The second-order valence-corrected chi connectivity index (χ2v) is 8.91. The molecule has 2 aromatic carbocycles. The van der Waals surface area contributed by atoms with Gasteiger partial charge in [-0.05, 0) is 58.6 Å². The van der Waals surface area contributed by atoms with Gasteiger partial charge in [-0.2, -0.15) is 4.72 Å². The van der Waals surface area contributed by atoms with Gasteiger partial charge in [-0.15, -0.1) is 0 Å². The SMILES string of the molecule is COc1ccc(C(C)C)cc1S(=O)(=O)NC(C)C(=O)Nc1ccccc1Br. The van der Waals surface area contributed by atoms with Gasteiger partial charge in [0, 0.05) is 4.47 Å². The van der Waals surface area contributed by atoms with E-state index >= 15 is 0 Å². The average Bonchev–Trinajstić information content (AvgIpc) is 2.62. The molecular weight excluding hydrogens is 432 g/mol. The average molecular weight is 455 g/mol. The summed E-state index contributed by atoms with van der Waals surface area (Å²) < 4.78 is 34.0. The second-order valence-electron chi connectivity index (χ2n) is 6.38. The molecule has 0 saturated heterocycles. The van der Waals surface area contributed by atoms with Gasteiger partial charge in [0.05, 0.1) is 18.8 Å². The van der Waals surface area contributed by atoms with E-state index in [1.807, 2.05) is 26.0 Å². The molecule has 27 heavy (non-hydrogen) atoms. The van der Waals surface area contributed by atoms with Crippen LogP contribution in [0.5, 0.6) is 5.75 Å². The summed E-state index contributed by atoms with van der Waals surface area (Å²) in [6.45, 7) is 5.43. The van der Waals surface area contributed by atoms with Crippen LogP contribution >= 0.6 is 15.9 Å². The van der Waals surface area contributed by atoms with Crippen LogP contribution in [0.2, 0.25) is 0 Å². The van der Waals surface area contributed by atoms with E-state index in [-0.39, 0.29) is 16.6 Å². The van der Waals surface area contributed by atoms with Crippen LogP contribution in [0.25, 0.3) is 0 Å². The minimum absolute atomic E-state index is 0.0109. The first kappa shape index (κ1) is 21.4. The number of amides is 1. The largest absolute Gasteiger partial charge is 0.495 e. The molecule has 0 fully saturated rings. The summed E-state index contributed by atoms with van der Waals surface area (Å²) >= 11 is 3.34. The van der Waals surface area contributed by atoms with Crippen molar-refractivity contribution < 1.29 is 17.9 Å². The third-order valence-electron chi connectivity index (χ3n) is 4.00. The third kappa shape index (κ3) is 5.31. The highest BCUT2D eigenvalue weighted by Crippen LogP contribution is 2.28. The molecule has 1 amide bonds. The highest BCUT2D eigenvalue weighted by molar-refractivity contribution is 9.10. The Labute approximate surface area is 168 Å². The first-order chi connectivity index (χ1) is 12.7. The number of benzene rings is 2. The lowest BCUT2D eigenvalue weighted by atomic mass is 10.0. The normalized spacial score (nSPS) is 12.7. The van der Waals surface area contributed by atoms with E-state index in [0.717, 1.165) is 5.56 Å². The Hall–Kier alpha value is -1.90. The summed E-state index contributed by atoms with van der Waals surface area (Å²) in [6.07, 6.45) is 0. The quantitative estimate of drug-likeness (QED) is 0.664. The fourth-order valence-corrected chi connectivity index (χ4v) is 4.21. The highest BCUT2D eigenvalue weighted by atomic mass is 79.9. The number of rotatable bonds is 7.